The molecule has 1 radical (unpaired) electrons. The molecule has 14 heavy (non-hydrogen) atoms. The summed E-state index contributed by atoms with van der Waals surface area (Å²) in [6, 6.07) is 6.06. The molecule has 0 N–H and O–H groups in total. The van der Waals surface area contributed by atoms with Crippen molar-refractivity contribution in [3.8, 4) is 0 Å². The minimum Gasteiger partial charge on any atom is -0.369 e. The molecule has 0 amide bonds. The maximum atomic E-state index is 5.99. The van der Waals surface area contributed by atoms with Crippen molar-refractivity contribution < 1.29 is 0 Å². The van der Waals surface area contributed by atoms with Gasteiger partial charge in [-0.25, -0.2) is 5.32 Å². The van der Waals surface area contributed by atoms with Crippen molar-refractivity contribution in [2.45, 2.75) is 6.92 Å². The summed E-state index contributed by atoms with van der Waals surface area (Å²) in [7, 11) is 0. The van der Waals surface area contributed by atoms with Gasteiger partial charge in [-0.3, -0.25) is 0 Å². The third-order valence-corrected chi connectivity index (χ3v) is 2.80. The zero-order chi connectivity index (χ0) is 9.97. The van der Waals surface area contributed by atoms with E-state index in [2.05, 4.69) is 23.2 Å². The molecule has 0 aliphatic carbocycles. The number of piperazine rings is 1. The van der Waals surface area contributed by atoms with Gasteiger partial charge in [0.2, 0.25) is 0 Å². The molecule has 0 atom stereocenters. The van der Waals surface area contributed by atoms with Gasteiger partial charge in [-0.2, -0.15) is 0 Å². The highest BCUT2D eigenvalue weighted by molar-refractivity contribution is 6.30. The Morgan fingerprint density at radius 3 is 2.71 bits per heavy atom. The second kappa shape index (κ2) is 4.20. The maximum absolute atomic E-state index is 5.99. The van der Waals surface area contributed by atoms with E-state index in [9.17, 15) is 0 Å². The first-order valence-corrected chi connectivity index (χ1v) is 5.29. The largest absolute Gasteiger partial charge is 0.369 e. The summed E-state index contributed by atoms with van der Waals surface area (Å²) in [5, 5.41) is 5.14. The predicted octanol–water partition coefficient (Wildman–Crippen LogP) is 2.07. The van der Waals surface area contributed by atoms with Crippen LogP contribution in [0, 0.1) is 6.92 Å². The molecule has 1 aliphatic heterocycles. The number of anilines is 1. The van der Waals surface area contributed by atoms with E-state index in [0.29, 0.717) is 0 Å². The van der Waals surface area contributed by atoms with Crippen molar-refractivity contribution >= 4 is 17.3 Å². The van der Waals surface area contributed by atoms with Gasteiger partial charge in [-0.15, -0.1) is 0 Å². The van der Waals surface area contributed by atoms with Crippen molar-refractivity contribution in [2.75, 3.05) is 31.1 Å². The van der Waals surface area contributed by atoms with Gasteiger partial charge in [0.1, 0.15) is 0 Å². The minimum atomic E-state index is 0.813. The van der Waals surface area contributed by atoms with Crippen LogP contribution in [0.5, 0.6) is 0 Å². The number of halogens is 1. The Bertz CT molecular complexity index is 319. The first-order chi connectivity index (χ1) is 6.77. The minimum absolute atomic E-state index is 0.813. The molecule has 3 heteroatoms. The average molecular weight is 210 g/mol. The molecule has 1 aromatic carbocycles. The van der Waals surface area contributed by atoms with Gasteiger partial charge in [-0.1, -0.05) is 17.7 Å². The smallest absolute Gasteiger partial charge is 0.0426 e. The molecule has 0 saturated carbocycles. The second-order valence-electron chi connectivity index (χ2n) is 3.59. The molecule has 0 unspecified atom stereocenters. The molecular formula is C11H14ClN2. The van der Waals surface area contributed by atoms with Crippen molar-refractivity contribution in [3.63, 3.8) is 0 Å². The lowest BCUT2D eigenvalue weighted by Crippen LogP contribution is -2.40. The summed E-state index contributed by atoms with van der Waals surface area (Å²) in [5.74, 6) is 0. The predicted molar refractivity (Wildman–Crippen MR) is 60.3 cm³/mol. The lowest BCUT2D eigenvalue weighted by molar-refractivity contribution is 0.578. The Balaban J connectivity index is 2.24. The van der Waals surface area contributed by atoms with Crippen LogP contribution < -0.4 is 10.2 Å². The summed E-state index contributed by atoms with van der Waals surface area (Å²) in [6.07, 6.45) is 0. The highest BCUT2D eigenvalue weighted by atomic mass is 35.5. The third-order valence-electron chi connectivity index (χ3n) is 2.57. The highest BCUT2D eigenvalue weighted by Crippen LogP contribution is 2.24. The first-order valence-electron chi connectivity index (χ1n) is 4.92. The standard InChI is InChI=1S/C11H14ClN2/c1-9-2-3-10(12)8-11(9)14-6-4-13-5-7-14/h2-3,8H,4-7H2,1H3. The third kappa shape index (κ3) is 2.02. The molecule has 1 fully saturated rings. The highest BCUT2D eigenvalue weighted by Gasteiger charge is 2.12. The summed E-state index contributed by atoms with van der Waals surface area (Å²) in [6.45, 7) is 6.03. The average Bonchev–Trinajstić information content (AvgIpc) is 2.23. The number of aryl methyl sites for hydroxylation is 1. The molecule has 0 spiro atoms. The summed E-state index contributed by atoms with van der Waals surface area (Å²) >= 11 is 5.99. The molecule has 2 nitrogen and oxygen atoms in total. The molecule has 75 valence electrons. The van der Waals surface area contributed by atoms with Crippen molar-refractivity contribution in [3.05, 3.63) is 28.8 Å². The van der Waals surface area contributed by atoms with Gasteiger partial charge >= 0.3 is 0 Å². The lowest BCUT2D eigenvalue weighted by Gasteiger charge is -2.30. The van der Waals surface area contributed by atoms with Gasteiger partial charge in [0.15, 0.2) is 0 Å². The number of rotatable bonds is 1. The Hall–Kier alpha value is -0.730. The van der Waals surface area contributed by atoms with Gasteiger partial charge in [0, 0.05) is 36.9 Å². The molecule has 0 aromatic heterocycles. The van der Waals surface area contributed by atoms with Crippen LogP contribution in [0.25, 0.3) is 0 Å². The number of hydrogen-bond donors (Lipinski definition) is 0. The topological polar surface area (TPSA) is 17.3 Å². The van der Waals surface area contributed by atoms with Crippen LogP contribution in [0.2, 0.25) is 5.02 Å². The normalized spacial score (nSPS) is 17.1. The zero-order valence-electron chi connectivity index (χ0n) is 8.33. The fraction of sp³-hybridized carbons (Fsp3) is 0.455. The van der Waals surface area contributed by atoms with E-state index in [1.54, 1.807) is 0 Å². The van der Waals surface area contributed by atoms with E-state index in [1.165, 1.54) is 11.3 Å². The van der Waals surface area contributed by atoms with E-state index in [0.717, 1.165) is 31.2 Å². The molecule has 0 bridgehead atoms. The number of nitrogens with zero attached hydrogens (tertiary/aromatic N) is 2. The van der Waals surface area contributed by atoms with Gasteiger partial charge in [0.25, 0.3) is 0 Å². The summed E-state index contributed by atoms with van der Waals surface area (Å²) in [4.78, 5) is 2.36. The quantitative estimate of drug-likeness (QED) is 0.692. The van der Waals surface area contributed by atoms with E-state index >= 15 is 0 Å². The van der Waals surface area contributed by atoms with Gasteiger partial charge in [-0.05, 0) is 24.6 Å². The maximum Gasteiger partial charge on any atom is 0.0426 e. The lowest BCUT2D eigenvalue weighted by atomic mass is 10.1. The van der Waals surface area contributed by atoms with E-state index in [1.807, 2.05) is 12.1 Å². The Morgan fingerprint density at radius 2 is 2.00 bits per heavy atom. The van der Waals surface area contributed by atoms with Crippen molar-refractivity contribution in [1.82, 2.24) is 5.32 Å². The van der Waals surface area contributed by atoms with Crippen LogP contribution in [-0.2, 0) is 0 Å². The first kappa shape index (κ1) is 9.81. The summed E-state index contributed by atoms with van der Waals surface area (Å²) in [5.41, 5.74) is 2.55. The van der Waals surface area contributed by atoms with Crippen LogP contribution in [0.1, 0.15) is 5.56 Å². The fourth-order valence-electron chi connectivity index (χ4n) is 1.77. The molecule has 1 aliphatic rings. The number of hydrogen-bond acceptors (Lipinski definition) is 1. The number of benzene rings is 1. The molecule has 1 aromatic rings. The zero-order valence-corrected chi connectivity index (χ0v) is 9.09. The Kier molecular flexibility index (Phi) is 2.94. The Morgan fingerprint density at radius 1 is 1.29 bits per heavy atom. The van der Waals surface area contributed by atoms with Crippen LogP contribution in [0.3, 0.4) is 0 Å². The SMILES string of the molecule is Cc1ccc(Cl)cc1N1CC[N]CC1. The van der Waals surface area contributed by atoms with E-state index < -0.39 is 0 Å². The molecule has 1 saturated heterocycles. The fourth-order valence-corrected chi connectivity index (χ4v) is 1.94. The van der Waals surface area contributed by atoms with Crippen LogP contribution in [0.4, 0.5) is 5.69 Å². The van der Waals surface area contributed by atoms with Crippen molar-refractivity contribution in [2.24, 2.45) is 0 Å². The molecular weight excluding hydrogens is 196 g/mol. The molecule has 2 rings (SSSR count). The monoisotopic (exact) mass is 209 g/mol. The molecule has 1 heterocycles. The van der Waals surface area contributed by atoms with E-state index in [4.69, 9.17) is 11.6 Å². The summed E-state index contributed by atoms with van der Waals surface area (Å²) < 4.78 is 0. The van der Waals surface area contributed by atoms with Gasteiger partial charge < -0.3 is 4.90 Å². The van der Waals surface area contributed by atoms with Crippen molar-refractivity contribution in [1.29, 1.82) is 0 Å². The van der Waals surface area contributed by atoms with E-state index in [-0.39, 0.29) is 0 Å². The Labute approximate surface area is 89.9 Å². The van der Waals surface area contributed by atoms with Crippen LogP contribution in [-0.4, -0.2) is 26.2 Å². The second-order valence-corrected chi connectivity index (χ2v) is 4.03. The van der Waals surface area contributed by atoms with Crippen LogP contribution >= 0.6 is 11.6 Å². The van der Waals surface area contributed by atoms with Crippen LogP contribution in [0.15, 0.2) is 18.2 Å². The van der Waals surface area contributed by atoms with Gasteiger partial charge in [0.05, 0.1) is 0 Å².